The van der Waals surface area contributed by atoms with Gasteiger partial charge in [-0.1, -0.05) is 115 Å². The molecule has 2 heterocycles. The predicted octanol–water partition coefficient (Wildman–Crippen LogP) is 10.5. The third-order valence-corrected chi connectivity index (χ3v) is 10.1. The fourth-order valence-electron chi connectivity index (χ4n) is 6.89. The third-order valence-electron chi connectivity index (χ3n) is 8.92. The van der Waals surface area contributed by atoms with Crippen molar-refractivity contribution in [2.75, 3.05) is 0 Å². The minimum atomic E-state index is -0.0361. The quantitative estimate of drug-likeness (QED) is 0.164. The fourth-order valence-corrected chi connectivity index (χ4v) is 8.03. The van der Waals surface area contributed by atoms with Gasteiger partial charge in [-0.25, -0.2) is 0 Å². The van der Waals surface area contributed by atoms with E-state index in [-0.39, 0.29) is 12.2 Å². The Morgan fingerprint density at radius 1 is 0.512 bits per heavy atom. The van der Waals surface area contributed by atoms with Crippen LogP contribution in [0.3, 0.4) is 0 Å². The molecule has 2 N–H and O–H groups in total. The largest absolute Gasteiger partial charge is 0.366 e. The standard InChI is InChI=1S/C40H28N2S/c1-2-10-25(11-3-1)40-41-35(24-36(42-40)32-17-9-19-38-39(32)33-14-6-7-18-37(33)43-38)31-16-8-15-29-30(31)21-20-28-22-26-12-4-5-13-27(26)23-34(28)29/h1-24,36,40-42H. The van der Waals surface area contributed by atoms with Crippen LogP contribution in [0.25, 0.3) is 58.2 Å². The molecule has 0 bridgehead atoms. The molecular weight excluding hydrogens is 541 g/mol. The molecule has 2 nitrogen and oxygen atoms in total. The smallest absolute Gasteiger partial charge is 0.104 e. The van der Waals surface area contributed by atoms with Crippen molar-refractivity contribution in [3.8, 4) is 0 Å². The molecule has 0 saturated carbocycles. The Bertz CT molecular complexity index is 2370. The summed E-state index contributed by atoms with van der Waals surface area (Å²) in [6.07, 6.45) is 2.35. The van der Waals surface area contributed by atoms with Crippen LogP contribution >= 0.6 is 11.3 Å². The lowest BCUT2D eigenvalue weighted by Crippen LogP contribution is -2.39. The Morgan fingerprint density at radius 2 is 1.26 bits per heavy atom. The van der Waals surface area contributed by atoms with Crippen molar-refractivity contribution in [3.05, 3.63) is 162 Å². The van der Waals surface area contributed by atoms with Crippen molar-refractivity contribution in [2.24, 2.45) is 0 Å². The molecule has 7 aromatic carbocycles. The van der Waals surface area contributed by atoms with Crippen LogP contribution in [0.1, 0.15) is 28.9 Å². The van der Waals surface area contributed by atoms with Crippen molar-refractivity contribution in [1.82, 2.24) is 10.6 Å². The molecule has 9 rings (SSSR count). The number of fused-ring (bicyclic) bond motifs is 7. The number of hydrogen-bond donors (Lipinski definition) is 2. The predicted molar refractivity (Wildman–Crippen MR) is 184 cm³/mol. The van der Waals surface area contributed by atoms with Gasteiger partial charge in [0.1, 0.15) is 6.17 Å². The van der Waals surface area contributed by atoms with Crippen LogP contribution in [0.5, 0.6) is 0 Å². The van der Waals surface area contributed by atoms with Crippen LogP contribution in [-0.4, -0.2) is 0 Å². The van der Waals surface area contributed by atoms with E-state index >= 15 is 0 Å². The van der Waals surface area contributed by atoms with Crippen LogP contribution in [0.2, 0.25) is 0 Å². The van der Waals surface area contributed by atoms with Crippen molar-refractivity contribution in [2.45, 2.75) is 12.2 Å². The number of rotatable bonds is 3. The number of benzene rings is 7. The molecule has 43 heavy (non-hydrogen) atoms. The second kappa shape index (κ2) is 9.81. The first-order valence-corrected chi connectivity index (χ1v) is 15.7. The van der Waals surface area contributed by atoms with E-state index in [0.29, 0.717) is 0 Å². The minimum Gasteiger partial charge on any atom is -0.366 e. The van der Waals surface area contributed by atoms with Crippen molar-refractivity contribution < 1.29 is 0 Å². The number of nitrogens with one attached hydrogen (secondary N) is 2. The molecular formula is C40H28N2S. The first kappa shape index (κ1) is 24.6. The highest BCUT2D eigenvalue weighted by molar-refractivity contribution is 7.25. The van der Waals surface area contributed by atoms with Crippen LogP contribution in [0.4, 0.5) is 0 Å². The van der Waals surface area contributed by atoms with E-state index in [0.717, 1.165) is 5.70 Å². The lowest BCUT2D eigenvalue weighted by Gasteiger charge is -2.34. The Morgan fingerprint density at radius 3 is 2.16 bits per heavy atom. The Hall–Kier alpha value is -4.96. The van der Waals surface area contributed by atoms with Gasteiger partial charge >= 0.3 is 0 Å². The van der Waals surface area contributed by atoms with Crippen LogP contribution in [-0.2, 0) is 0 Å². The molecule has 0 aliphatic carbocycles. The van der Waals surface area contributed by atoms with Gasteiger partial charge in [0.15, 0.2) is 0 Å². The van der Waals surface area contributed by atoms with Gasteiger partial charge in [0.05, 0.1) is 6.04 Å². The zero-order chi connectivity index (χ0) is 28.3. The van der Waals surface area contributed by atoms with Gasteiger partial charge in [0, 0.05) is 31.4 Å². The maximum Gasteiger partial charge on any atom is 0.104 e. The van der Waals surface area contributed by atoms with Gasteiger partial charge in [-0.3, -0.25) is 5.32 Å². The minimum absolute atomic E-state index is 0.0304. The molecule has 0 spiro atoms. The highest BCUT2D eigenvalue weighted by Crippen LogP contribution is 2.41. The van der Waals surface area contributed by atoms with E-state index < -0.39 is 0 Å². The molecule has 0 saturated heterocycles. The SMILES string of the molecule is C1=C(c2cccc3c2ccc2cc4ccccc4cc23)NC(c2ccccc2)NC1c1cccc2sc3ccccc3c12. The van der Waals surface area contributed by atoms with Crippen molar-refractivity contribution >= 4 is 69.5 Å². The van der Waals surface area contributed by atoms with Gasteiger partial charge in [0.2, 0.25) is 0 Å². The fraction of sp³-hybridized carbons (Fsp3) is 0.0500. The summed E-state index contributed by atoms with van der Waals surface area (Å²) in [5.41, 5.74) is 4.91. The summed E-state index contributed by atoms with van der Waals surface area (Å²) in [7, 11) is 0. The second-order valence-corrected chi connectivity index (χ2v) is 12.5. The summed E-state index contributed by atoms with van der Waals surface area (Å²) in [5.74, 6) is 0. The van der Waals surface area contributed by atoms with Gasteiger partial charge < -0.3 is 5.32 Å². The molecule has 2 atom stereocenters. The van der Waals surface area contributed by atoms with E-state index in [9.17, 15) is 0 Å². The first-order chi connectivity index (χ1) is 21.3. The van der Waals surface area contributed by atoms with Gasteiger partial charge in [0.25, 0.3) is 0 Å². The maximum absolute atomic E-state index is 3.95. The summed E-state index contributed by atoms with van der Waals surface area (Å²) in [4.78, 5) is 0. The highest BCUT2D eigenvalue weighted by atomic mass is 32.1. The molecule has 0 radical (unpaired) electrons. The normalized spacial score (nSPS) is 17.1. The third kappa shape index (κ3) is 4.04. The van der Waals surface area contributed by atoms with E-state index in [4.69, 9.17) is 0 Å². The van der Waals surface area contributed by atoms with Gasteiger partial charge in [-0.2, -0.15) is 0 Å². The van der Waals surface area contributed by atoms with Crippen LogP contribution in [0.15, 0.2) is 146 Å². The van der Waals surface area contributed by atoms with Crippen molar-refractivity contribution in [3.63, 3.8) is 0 Å². The molecule has 1 aliphatic heterocycles. The Labute approximate surface area is 253 Å². The summed E-state index contributed by atoms with van der Waals surface area (Å²) in [5, 5.41) is 18.2. The molecule has 8 aromatic rings. The molecule has 1 aliphatic rings. The van der Waals surface area contributed by atoms with Gasteiger partial charge in [-0.05, 0) is 73.8 Å². The van der Waals surface area contributed by atoms with E-state index in [2.05, 4.69) is 156 Å². The summed E-state index contributed by atoms with van der Waals surface area (Å²) in [6.45, 7) is 0. The first-order valence-electron chi connectivity index (χ1n) is 14.8. The van der Waals surface area contributed by atoms with Crippen LogP contribution < -0.4 is 10.6 Å². The highest BCUT2D eigenvalue weighted by Gasteiger charge is 2.26. The monoisotopic (exact) mass is 568 g/mol. The Balaban J connectivity index is 1.26. The van der Waals surface area contributed by atoms with E-state index in [1.165, 1.54) is 69.2 Å². The molecule has 2 unspecified atom stereocenters. The lowest BCUT2D eigenvalue weighted by atomic mass is 9.92. The topological polar surface area (TPSA) is 24.1 Å². The van der Waals surface area contributed by atoms with E-state index in [1.807, 2.05) is 11.3 Å². The van der Waals surface area contributed by atoms with Crippen molar-refractivity contribution in [1.29, 1.82) is 0 Å². The van der Waals surface area contributed by atoms with Gasteiger partial charge in [-0.15, -0.1) is 11.3 Å². The zero-order valence-electron chi connectivity index (χ0n) is 23.4. The lowest BCUT2D eigenvalue weighted by molar-refractivity contribution is 0.444. The molecule has 204 valence electrons. The molecule has 0 fully saturated rings. The average Bonchev–Trinajstić information content (AvgIpc) is 3.46. The summed E-state index contributed by atoms with van der Waals surface area (Å²) < 4.78 is 2.66. The second-order valence-electron chi connectivity index (χ2n) is 11.4. The molecule has 3 heteroatoms. The maximum atomic E-state index is 3.95. The zero-order valence-corrected chi connectivity index (χ0v) is 24.2. The van der Waals surface area contributed by atoms with E-state index in [1.54, 1.807) is 0 Å². The Kier molecular flexibility index (Phi) is 5.62. The average molecular weight is 569 g/mol. The molecule has 1 aromatic heterocycles. The summed E-state index contributed by atoms with van der Waals surface area (Å²) >= 11 is 1.87. The van der Waals surface area contributed by atoms with Crippen LogP contribution in [0, 0.1) is 0 Å². The summed E-state index contributed by atoms with van der Waals surface area (Å²) in [6, 6.07) is 50.9. The molecule has 0 amide bonds. The number of thiophene rings is 1. The number of hydrogen-bond acceptors (Lipinski definition) is 3.